The number of nitrogens with zero attached hydrogens (tertiary/aromatic N) is 2. The zero-order chi connectivity index (χ0) is 8.15. The van der Waals surface area contributed by atoms with Crippen LogP contribution in [0.1, 0.15) is 0 Å². The van der Waals surface area contributed by atoms with Crippen molar-refractivity contribution < 1.29 is 0 Å². The van der Waals surface area contributed by atoms with Crippen molar-refractivity contribution in [2.24, 2.45) is 4.99 Å². The van der Waals surface area contributed by atoms with Crippen LogP contribution < -0.4 is 0 Å². The first-order valence-corrected chi connectivity index (χ1v) is 3.59. The fourth-order valence-corrected chi connectivity index (χ4v) is 0.356. The second-order valence-corrected chi connectivity index (χ2v) is 3.07. The average Bonchev–Trinajstić information content (AvgIpc) is 1.82. The molecule has 5 heteroatoms. The molecule has 2 nitrogen and oxygen atoms in total. The van der Waals surface area contributed by atoms with E-state index in [1.54, 1.807) is 4.90 Å². The van der Waals surface area contributed by atoms with Crippen LogP contribution >= 0.6 is 34.8 Å². The lowest BCUT2D eigenvalue weighted by atomic mass is 10.9. The van der Waals surface area contributed by atoms with E-state index in [2.05, 4.69) is 4.99 Å². The van der Waals surface area contributed by atoms with Crippen LogP contribution in [0.5, 0.6) is 0 Å². The summed E-state index contributed by atoms with van der Waals surface area (Å²) in [6, 6.07) is 0. The first-order chi connectivity index (χ1) is 4.54. The summed E-state index contributed by atoms with van der Waals surface area (Å²) in [6.07, 6.45) is 1.51. The van der Waals surface area contributed by atoms with Gasteiger partial charge in [-0.1, -0.05) is 34.8 Å². The summed E-state index contributed by atoms with van der Waals surface area (Å²) in [4.78, 5) is 5.43. The maximum Gasteiger partial charge on any atom is 0.160 e. The van der Waals surface area contributed by atoms with E-state index in [1.165, 1.54) is 6.34 Å². The van der Waals surface area contributed by atoms with Crippen molar-refractivity contribution >= 4 is 41.1 Å². The van der Waals surface area contributed by atoms with Crippen LogP contribution in [0.2, 0.25) is 0 Å². The Labute approximate surface area is 75.1 Å². The Morgan fingerprint density at radius 1 is 1.30 bits per heavy atom. The van der Waals surface area contributed by atoms with E-state index in [0.29, 0.717) is 0 Å². The molecule has 0 aliphatic carbocycles. The van der Waals surface area contributed by atoms with Gasteiger partial charge in [0.2, 0.25) is 0 Å². The standard InChI is InChI=1S/C5H7Cl3N2/c1-10(2)3-9-5(8)4(6)7/h3H,1-2H3/b9-3+. The Hall–Kier alpha value is 0.0800. The van der Waals surface area contributed by atoms with Crippen molar-refractivity contribution in [1.29, 1.82) is 0 Å². The summed E-state index contributed by atoms with van der Waals surface area (Å²) in [7, 11) is 3.63. The molecular formula is C5H7Cl3N2. The van der Waals surface area contributed by atoms with Crippen molar-refractivity contribution in [3.8, 4) is 0 Å². The van der Waals surface area contributed by atoms with Gasteiger partial charge >= 0.3 is 0 Å². The van der Waals surface area contributed by atoms with Crippen molar-refractivity contribution in [3.05, 3.63) is 9.65 Å². The minimum Gasteiger partial charge on any atom is -0.369 e. The molecule has 0 heterocycles. The first-order valence-electron chi connectivity index (χ1n) is 2.45. The molecule has 0 rings (SSSR count). The summed E-state index contributed by atoms with van der Waals surface area (Å²) in [5.41, 5.74) is 0. The van der Waals surface area contributed by atoms with Gasteiger partial charge in [-0.15, -0.1) is 0 Å². The predicted molar refractivity (Wildman–Crippen MR) is 46.8 cm³/mol. The molecule has 0 aromatic rings. The lowest BCUT2D eigenvalue weighted by Crippen LogP contribution is -2.07. The normalized spacial score (nSPS) is 10.1. The Morgan fingerprint density at radius 3 is 2.10 bits per heavy atom. The quantitative estimate of drug-likeness (QED) is 0.381. The Morgan fingerprint density at radius 2 is 1.80 bits per heavy atom. The summed E-state index contributed by atoms with van der Waals surface area (Å²) >= 11 is 16.0. The predicted octanol–water partition coefficient (Wildman–Crippen LogP) is 2.42. The topological polar surface area (TPSA) is 15.6 Å². The van der Waals surface area contributed by atoms with Crippen LogP contribution in [0.4, 0.5) is 0 Å². The van der Waals surface area contributed by atoms with Gasteiger partial charge in [0, 0.05) is 14.1 Å². The van der Waals surface area contributed by atoms with E-state index >= 15 is 0 Å². The van der Waals surface area contributed by atoms with Crippen molar-refractivity contribution in [2.75, 3.05) is 14.1 Å². The molecule has 0 saturated carbocycles. The smallest absolute Gasteiger partial charge is 0.160 e. The van der Waals surface area contributed by atoms with Gasteiger partial charge in [-0.25, -0.2) is 4.99 Å². The van der Waals surface area contributed by atoms with E-state index in [-0.39, 0.29) is 9.65 Å². The van der Waals surface area contributed by atoms with Gasteiger partial charge < -0.3 is 4.90 Å². The number of halogens is 3. The molecule has 0 aliphatic rings. The summed E-state index contributed by atoms with van der Waals surface area (Å²) in [5.74, 6) is 0. The van der Waals surface area contributed by atoms with E-state index in [4.69, 9.17) is 34.8 Å². The summed E-state index contributed by atoms with van der Waals surface area (Å²) < 4.78 is -0.0280. The highest BCUT2D eigenvalue weighted by Crippen LogP contribution is 2.17. The van der Waals surface area contributed by atoms with Gasteiger partial charge in [0.1, 0.15) is 4.49 Å². The van der Waals surface area contributed by atoms with Gasteiger partial charge in [-0.05, 0) is 0 Å². The van der Waals surface area contributed by atoms with Gasteiger partial charge in [-0.2, -0.15) is 0 Å². The highest BCUT2D eigenvalue weighted by molar-refractivity contribution is 6.59. The molecule has 0 aromatic carbocycles. The molecular weight excluding hydrogens is 194 g/mol. The molecule has 0 aromatic heterocycles. The number of rotatable bonds is 2. The SMILES string of the molecule is CN(C)/C=N/C(Cl)=C(Cl)Cl. The summed E-state index contributed by atoms with van der Waals surface area (Å²) in [5, 5.41) is 0.0945. The van der Waals surface area contributed by atoms with Crippen LogP contribution in [0.3, 0.4) is 0 Å². The fraction of sp³-hybridized carbons (Fsp3) is 0.400. The molecule has 0 fully saturated rings. The minimum atomic E-state index is -0.0280. The molecule has 0 bridgehead atoms. The molecule has 0 unspecified atom stereocenters. The maximum atomic E-state index is 5.45. The maximum absolute atomic E-state index is 5.45. The van der Waals surface area contributed by atoms with E-state index in [1.807, 2.05) is 14.1 Å². The second-order valence-electron chi connectivity index (χ2n) is 1.76. The van der Waals surface area contributed by atoms with Crippen molar-refractivity contribution in [3.63, 3.8) is 0 Å². The monoisotopic (exact) mass is 200 g/mol. The third kappa shape index (κ3) is 4.91. The lowest BCUT2D eigenvalue weighted by molar-refractivity contribution is 0.642. The summed E-state index contributed by atoms with van der Waals surface area (Å²) in [6.45, 7) is 0. The average molecular weight is 201 g/mol. The third-order valence-corrected chi connectivity index (χ3v) is 1.40. The Bertz CT molecular complexity index is 158. The molecule has 0 aliphatic heterocycles. The highest BCUT2D eigenvalue weighted by atomic mass is 35.5. The molecule has 0 atom stereocenters. The Balaban J connectivity index is 4.03. The molecule has 0 N–H and O–H groups in total. The molecule has 0 radical (unpaired) electrons. The van der Waals surface area contributed by atoms with Gasteiger partial charge in [0.25, 0.3) is 0 Å². The van der Waals surface area contributed by atoms with E-state index in [0.717, 1.165) is 0 Å². The fourth-order valence-electron chi connectivity index (χ4n) is 0.215. The highest BCUT2D eigenvalue weighted by Gasteiger charge is 1.92. The lowest BCUT2D eigenvalue weighted by Gasteiger charge is -2.00. The molecule has 10 heavy (non-hydrogen) atoms. The van der Waals surface area contributed by atoms with Gasteiger partial charge in [0.05, 0.1) is 6.34 Å². The van der Waals surface area contributed by atoms with E-state index in [9.17, 15) is 0 Å². The second kappa shape index (κ2) is 4.83. The van der Waals surface area contributed by atoms with Crippen molar-refractivity contribution in [2.45, 2.75) is 0 Å². The third-order valence-electron chi connectivity index (χ3n) is 0.558. The van der Waals surface area contributed by atoms with Crippen molar-refractivity contribution in [1.82, 2.24) is 4.90 Å². The van der Waals surface area contributed by atoms with Crippen LogP contribution in [-0.2, 0) is 0 Å². The van der Waals surface area contributed by atoms with Crippen LogP contribution in [0, 0.1) is 0 Å². The number of hydrogen-bond donors (Lipinski definition) is 0. The molecule has 0 spiro atoms. The van der Waals surface area contributed by atoms with Gasteiger partial charge in [-0.3, -0.25) is 0 Å². The molecule has 0 saturated heterocycles. The minimum absolute atomic E-state index is 0.0280. The zero-order valence-electron chi connectivity index (χ0n) is 5.61. The number of hydrogen-bond acceptors (Lipinski definition) is 1. The number of aliphatic imine (C=N–C) groups is 1. The molecule has 58 valence electrons. The van der Waals surface area contributed by atoms with Crippen LogP contribution in [-0.4, -0.2) is 25.3 Å². The Kier molecular flexibility index (Phi) is 4.87. The molecule has 0 amide bonds. The zero-order valence-corrected chi connectivity index (χ0v) is 7.87. The van der Waals surface area contributed by atoms with Crippen LogP contribution in [0.15, 0.2) is 14.6 Å². The first kappa shape index (κ1) is 10.1. The van der Waals surface area contributed by atoms with Crippen LogP contribution in [0.25, 0.3) is 0 Å². The van der Waals surface area contributed by atoms with Gasteiger partial charge in [0.15, 0.2) is 5.16 Å². The van der Waals surface area contributed by atoms with E-state index < -0.39 is 0 Å². The largest absolute Gasteiger partial charge is 0.369 e.